The first-order valence-electron chi connectivity index (χ1n) is 6.89. The summed E-state index contributed by atoms with van der Waals surface area (Å²) < 4.78 is 1.15. The molecular weight excluding hydrogens is 304 g/mol. The summed E-state index contributed by atoms with van der Waals surface area (Å²) in [7, 11) is 1.52. The average Bonchev–Trinajstić information content (AvgIpc) is 2.68. The smallest absolute Gasteiger partial charge is 0.287 e. The molecule has 0 unspecified atom stereocenters. The molecule has 6 nitrogen and oxygen atoms in total. The number of nitrogens with zero attached hydrogens (tertiary/aromatic N) is 2. The second-order valence-corrected chi connectivity index (χ2v) is 5.57. The molecule has 0 aliphatic carbocycles. The normalized spacial score (nSPS) is 17.4. The molecule has 1 aromatic heterocycles. The zero-order valence-corrected chi connectivity index (χ0v) is 12.7. The number of aryl methyl sites for hydroxylation is 1. The largest absolute Gasteiger partial charge is 0.371 e. The van der Waals surface area contributed by atoms with Crippen LogP contribution in [0, 0.1) is 0 Å². The molecule has 0 saturated carbocycles. The molecule has 1 aliphatic rings. The highest BCUT2D eigenvalue weighted by molar-refractivity contribution is 6.33. The molecule has 22 heavy (non-hydrogen) atoms. The van der Waals surface area contributed by atoms with Gasteiger partial charge in [0.05, 0.1) is 11.9 Å². The fraction of sp³-hybridized carbons (Fsp3) is 0.267. The Kier molecular flexibility index (Phi) is 3.85. The van der Waals surface area contributed by atoms with E-state index in [4.69, 9.17) is 11.6 Å². The monoisotopic (exact) mass is 318 g/mol. The van der Waals surface area contributed by atoms with Gasteiger partial charge in [0.25, 0.3) is 5.56 Å². The van der Waals surface area contributed by atoms with Crippen molar-refractivity contribution < 1.29 is 4.79 Å². The minimum atomic E-state index is -0.505. The highest BCUT2D eigenvalue weighted by Crippen LogP contribution is 2.20. The topological polar surface area (TPSA) is 76.0 Å². The first-order valence-corrected chi connectivity index (χ1v) is 7.27. The predicted molar refractivity (Wildman–Crippen MR) is 83.9 cm³/mol. The maximum Gasteiger partial charge on any atom is 0.287 e. The number of hydrogen-bond donors (Lipinski definition) is 2. The number of halogens is 1. The number of fused-ring (bicyclic) bond motifs is 1. The molecule has 1 aliphatic heterocycles. The maximum atomic E-state index is 12.2. The van der Waals surface area contributed by atoms with Gasteiger partial charge in [-0.05, 0) is 11.1 Å². The number of benzene rings is 1. The van der Waals surface area contributed by atoms with Gasteiger partial charge in [0.2, 0.25) is 5.91 Å². The lowest BCUT2D eigenvalue weighted by Gasteiger charge is -2.17. The summed E-state index contributed by atoms with van der Waals surface area (Å²) in [5.41, 5.74) is 2.14. The third kappa shape index (κ3) is 2.69. The number of nitrogens with one attached hydrogen (secondary N) is 2. The molecular formula is C15H15ClN4O2. The van der Waals surface area contributed by atoms with E-state index in [-0.39, 0.29) is 10.9 Å². The zero-order chi connectivity index (χ0) is 15.7. The second kappa shape index (κ2) is 5.81. The van der Waals surface area contributed by atoms with Crippen LogP contribution >= 0.6 is 11.6 Å². The van der Waals surface area contributed by atoms with E-state index in [1.807, 2.05) is 24.3 Å². The number of aromatic nitrogens is 2. The Bertz CT molecular complexity index is 787. The van der Waals surface area contributed by atoms with E-state index in [1.54, 1.807) is 0 Å². The second-order valence-electron chi connectivity index (χ2n) is 5.19. The van der Waals surface area contributed by atoms with Gasteiger partial charge in [-0.3, -0.25) is 9.59 Å². The van der Waals surface area contributed by atoms with Crippen molar-refractivity contribution in [1.82, 2.24) is 15.1 Å². The van der Waals surface area contributed by atoms with Gasteiger partial charge in [-0.1, -0.05) is 35.9 Å². The Hall–Kier alpha value is -2.34. The number of carbonyl (C=O) groups is 1. The van der Waals surface area contributed by atoms with E-state index in [0.717, 1.165) is 15.8 Å². The highest BCUT2D eigenvalue weighted by Gasteiger charge is 2.24. The van der Waals surface area contributed by atoms with Crippen LogP contribution < -0.4 is 16.2 Å². The highest BCUT2D eigenvalue weighted by atomic mass is 35.5. The van der Waals surface area contributed by atoms with Crippen LogP contribution in [0.2, 0.25) is 5.02 Å². The van der Waals surface area contributed by atoms with Crippen LogP contribution in [0.25, 0.3) is 0 Å². The molecule has 0 spiro atoms. The van der Waals surface area contributed by atoms with Crippen LogP contribution in [-0.2, 0) is 24.8 Å². The first-order chi connectivity index (χ1) is 10.6. The van der Waals surface area contributed by atoms with E-state index in [0.29, 0.717) is 18.7 Å². The van der Waals surface area contributed by atoms with Crippen molar-refractivity contribution in [1.29, 1.82) is 0 Å². The van der Waals surface area contributed by atoms with Gasteiger partial charge in [-0.15, -0.1) is 0 Å². The van der Waals surface area contributed by atoms with Gasteiger partial charge in [-0.25, -0.2) is 4.68 Å². The first kappa shape index (κ1) is 14.6. The molecule has 1 atom stereocenters. The van der Waals surface area contributed by atoms with Crippen molar-refractivity contribution in [3.63, 3.8) is 0 Å². The summed E-state index contributed by atoms with van der Waals surface area (Å²) >= 11 is 6.04. The third-order valence-corrected chi connectivity index (χ3v) is 4.09. The van der Waals surface area contributed by atoms with Crippen LogP contribution in [0.5, 0.6) is 0 Å². The fourth-order valence-electron chi connectivity index (χ4n) is 2.46. The molecule has 1 aromatic carbocycles. The number of carbonyl (C=O) groups excluding carboxylic acids is 1. The summed E-state index contributed by atoms with van der Waals surface area (Å²) in [5, 5.41) is 9.85. The predicted octanol–water partition coefficient (Wildman–Crippen LogP) is 1.09. The van der Waals surface area contributed by atoms with Crippen LogP contribution in [0.4, 0.5) is 5.69 Å². The quantitative estimate of drug-likeness (QED) is 0.869. The van der Waals surface area contributed by atoms with Crippen LogP contribution in [-0.4, -0.2) is 21.7 Å². The van der Waals surface area contributed by atoms with Crippen molar-refractivity contribution in [2.24, 2.45) is 7.05 Å². The zero-order valence-electron chi connectivity index (χ0n) is 12.0. The Morgan fingerprint density at radius 3 is 2.82 bits per heavy atom. The van der Waals surface area contributed by atoms with Crippen LogP contribution in [0.1, 0.15) is 11.1 Å². The van der Waals surface area contributed by atoms with Crippen molar-refractivity contribution in [2.45, 2.75) is 19.0 Å². The summed E-state index contributed by atoms with van der Waals surface area (Å²) in [6.45, 7) is 0.496. The van der Waals surface area contributed by atoms with E-state index >= 15 is 0 Å². The Labute approximate surface area is 132 Å². The molecule has 2 heterocycles. The fourth-order valence-corrected chi connectivity index (χ4v) is 2.69. The van der Waals surface area contributed by atoms with Gasteiger partial charge >= 0.3 is 0 Å². The molecule has 7 heteroatoms. The van der Waals surface area contributed by atoms with E-state index in [1.165, 1.54) is 13.2 Å². The minimum absolute atomic E-state index is 0.0304. The van der Waals surface area contributed by atoms with Gasteiger partial charge in [0, 0.05) is 20.0 Å². The summed E-state index contributed by atoms with van der Waals surface area (Å²) in [6, 6.07) is 7.37. The number of rotatable bonds is 2. The van der Waals surface area contributed by atoms with Gasteiger partial charge < -0.3 is 10.6 Å². The third-order valence-electron chi connectivity index (χ3n) is 3.72. The maximum absolute atomic E-state index is 12.2. The molecule has 3 rings (SSSR count). The molecule has 114 valence electrons. The number of anilines is 1. The van der Waals surface area contributed by atoms with Crippen LogP contribution in [0.3, 0.4) is 0 Å². The molecule has 0 radical (unpaired) electrons. The number of hydrogen-bond acceptors (Lipinski definition) is 4. The summed E-state index contributed by atoms with van der Waals surface area (Å²) in [6.07, 6.45) is 1.97. The molecule has 0 fully saturated rings. The Morgan fingerprint density at radius 1 is 1.32 bits per heavy atom. The molecule has 1 amide bonds. The van der Waals surface area contributed by atoms with Crippen molar-refractivity contribution >= 4 is 23.2 Å². The van der Waals surface area contributed by atoms with E-state index in [9.17, 15) is 9.59 Å². The van der Waals surface area contributed by atoms with Crippen molar-refractivity contribution in [3.8, 4) is 0 Å². The molecule has 0 bridgehead atoms. The standard InChI is InChI=1S/C15H15ClN4O2/c1-20-15(22)13(16)12(8-18-20)19-11-6-9-4-2-3-5-10(9)7-17-14(11)21/h2-5,8,11,19H,6-7H2,1H3,(H,17,21)/t11-/m1/s1. The average molecular weight is 319 g/mol. The Morgan fingerprint density at radius 2 is 2.05 bits per heavy atom. The lowest BCUT2D eigenvalue weighted by molar-refractivity contribution is -0.121. The molecule has 2 aromatic rings. The van der Waals surface area contributed by atoms with E-state index in [2.05, 4.69) is 15.7 Å². The summed E-state index contributed by atoms with van der Waals surface area (Å²) in [5.74, 6) is -0.132. The van der Waals surface area contributed by atoms with Gasteiger partial charge in [0.1, 0.15) is 11.1 Å². The van der Waals surface area contributed by atoms with Crippen molar-refractivity contribution in [2.75, 3.05) is 5.32 Å². The van der Waals surface area contributed by atoms with Crippen molar-refractivity contribution in [3.05, 3.63) is 57.0 Å². The Balaban J connectivity index is 1.90. The lowest BCUT2D eigenvalue weighted by atomic mass is 10.0. The SMILES string of the molecule is Cn1ncc(N[C@@H]2Cc3ccccc3CNC2=O)c(Cl)c1=O. The number of amides is 1. The van der Waals surface area contributed by atoms with Gasteiger partial charge in [-0.2, -0.15) is 5.10 Å². The molecule has 2 N–H and O–H groups in total. The van der Waals surface area contributed by atoms with Crippen LogP contribution in [0.15, 0.2) is 35.3 Å². The van der Waals surface area contributed by atoms with E-state index < -0.39 is 11.6 Å². The van der Waals surface area contributed by atoms with Gasteiger partial charge in [0.15, 0.2) is 0 Å². The lowest BCUT2D eigenvalue weighted by Crippen LogP contribution is -2.39. The molecule has 0 saturated heterocycles. The minimum Gasteiger partial charge on any atom is -0.371 e. The summed E-state index contributed by atoms with van der Waals surface area (Å²) in [4.78, 5) is 24.0.